The average molecular weight is 419 g/mol. The molecule has 2 N–H and O–H groups in total. The third-order valence-corrected chi connectivity index (χ3v) is 6.60. The Morgan fingerprint density at radius 1 is 1.24 bits per heavy atom. The van der Waals surface area contributed by atoms with Crippen molar-refractivity contribution >= 4 is 21.7 Å². The predicted octanol–water partition coefficient (Wildman–Crippen LogP) is 1.37. The van der Waals surface area contributed by atoms with Gasteiger partial charge in [0.2, 0.25) is 10.0 Å². The van der Waals surface area contributed by atoms with E-state index in [1.165, 1.54) is 13.1 Å². The SMILES string of the molecule is CNS(=O)(=O)c1cc(C(=O)NCc2cccnc2N2CCOCC2)cc(C)c1C. The highest BCUT2D eigenvalue weighted by molar-refractivity contribution is 7.89. The first-order valence-electron chi connectivity index (χ1n) is 9.43. The Bertz CT molecular complexity index is 1000. The molecule has 0 radical (unpaired) electrons. The van der Waals surface area contributed by atoms with Gasteiger partial charge >= 0.3 is 0 Å². The molecule has 0 unspecified atom stereocenters. The lowest BCUT2D eigenvalue weighted by atomic mass is 10.1. The number of nitrogens with zero attached hydrogens (tertiary/aromatic N) is 2. The Morgan fingerprint density at radius 2 is 1.97 bits per heavy atom. The molecule has 0 aliphatic carbocycles. The minimum atomic E-state index is -3.65. The van der Waals surface area contributed by atoms with Crippen molar-refractivity contribution in [2.75, 3.05) is 38.3 Å². The molecule has 0 spiro atoms. The molecule has 0 saturated carbocycles. The van der Waals surface area contributed by atoms with E-state index in [2.05, 4.69) is 19.9 Å². The molecule has 29 heavy (non-hydrogen) atoms. The van der Waals surface area contributed by atoms with Gasteiger partial charge in [0.05, 0.1) is 18.1 Å². The maximum atomic E-state index is 12.8. The second kappa shape index (κ2) is 8.89. The van der Waals surface area contributed by atoms with Crippen LogP contribution in [0.1, 0.15) is 27.0 Å². The van der Waals surface area contributed by atoms with E-state index in [0.717, 1.165) is 30.0 Å². The van der Waals surface area contributed by atoms with E-state index in [9.17, 15) is 13.2 Å². The van der Waals surface area contributed by atoms with Gasteiger partial charge < -0.3 is 15.0 Å². The van der Waals surface area contributed by atoms with Gasteiger partial charge in [-0.2, -0.15) is 0 Å². The van der Waals surface area contributed by atoms with E-state index >= 15 is 0 Å². The number of carbonyl (C=O) groups excluding carboxylic acids is 1. The van der Waals surface area contributed by atoms with Crippen LogP contribution >= 0.6 is 0 Å². The topological polar surface area (TPSA) is 101 Å². The summed E-state index contributed by atoms with van der Waals surface area (Å²) in [6.07, 6.45) is 1.73. The predicted molar refractivity (Wildman–Crippen MR) is 111 cm³/mol. The van der Waals surface area contributed by atoms with Gasteiger partial charge in [-0.3, -0.25) is 4.79 Å². The van der Waals surface area contributed by atoms with Crippen molar-refractivity contribution in [3.63, 3.8) is 0 Å². The highest BCUT2D eigenvalue weighted by Crippen LogP contribution is 2.22. The summed E-state index contributed by atoms with van der Waals surface area (Å²) in [4.78, 5) is 19.5. The number of hydrogen-bond acceptors (Lipinski definition) is 6. The second-order valence-corrected chi connectivity index (χ2v) is 8.75. The number of hydrogen-bond donors (Lipinski definition) is 2. The van der Waals surface area contributed by atoms with Gasteiger partial charge in [0, 0.05) is 37.0 Å². The normalized spacial score (nSPS) is 14.7. The smallest absolute Gasteiger partial charge is 0.251 e. The van der Waals surface area contributed by atoms with E-state index in [0.29, 0.717) is 30.9 Å². The van der Waals surface area contributed by atoms with Crippen LogP contribution in [0, 0.1) is 13.8 Å². The van der Waals surface area contributed by atoms with Crippen molar-refractivity contribution in [3.05, 3.63) is 52.7 Å². The zero-order valence-electron chi connectivity index (χ0n) is 16.9. The summed E-state index contributed by atoms with van der Waals surface area (Å²) in [5.74, 6) is 0.493. The van der Waals surface area contributed by atoms with Crippen molar-refractivity contribution in [2.45, 2.75) is 25.3 Å². The van der Waals surface area contributed by atoms with Crippen molar-refractivity contribution in [3.8, 4) is 0 Å². The van der Waals surface area contributed by atoms with Crippen LogP contribution in [-0.4, -0.2) is 52.7 Å². The Balaban J connectivity index is 1.80. The van der Waals surface area contributed by atoms with Crippen molar-refractivity contribution < 1.29 is 17.9 Å². The van der Waals surface area contributed by atoms with Crippen LogP contribution < -0.4 is 14.9 Å². The Hall–Kier alpha value is -2.49. The van der Waals surface area contributed by atoms with Gasteiger partial charge in [-0.05, 0) is 50.2 Å². The van der Waals surface area contributed by atoms with E-state index in [1.807, 2.05) is 12.1 Å². The summed E-state index contributed by atoms with van der Waals surface area (Å²) >= 11 is 0. The lowest BCUT2D eigenvalue weighted by Crippen LogP contribution is -2.37. The molecule has 9 heteroatoms. The lowest BCUT2D eigenvalue weighted by Gasteiger charge is -2.29. The summed E-state index contributed by atoms with van der Waals surface area (Å²) in [5, 5.41) is 2.89. The molecule has 1 aliphatic heterocycles. The fourth-order valence-corrected chi connectivity index (χ4v) is 4.32. The number of aryl methyl sites for hydroxylation is 1. The van der Waals surface area contributed by atoms with Crippen LogP contribution in [-0.2, 0) is 21.3 Å². The maximum absolute atomic E-state index is 12.8. The lowest BCUT2D eigenvalue weighted by molar-refractivity contribution is 0.0950. The number of amides is 1. The summed E-state index contributed by atoms with van der Waals surface area (Å²) < 4.78 is 32.3. The Labute approximate surface area is 171 Å². The van der Waals surface area contributed by atoms with Crippen LogP contribution in [0.5, 0.6) is 0 Å². The minimum Gasteiger partial charge on any atom is -0.378 e. The molecule has 8 nitrogen and oxygen atoms in total. The summed E-state index contributed by atoms with van der Waals surface area (Å²) in [7, 11) is -2.30. The van der Waals surface area contributed by atoms with Crippen LogP contribution in [0.4, 0.5) is 5.82 Å². The molecule has 2 heterocycles. The number of ether oxygens (including phenoxy) is 1. The zero-order valence-corrected chi connectivity index (χ0v) is 17.7. The van der Waals surface area contributed by atoms with Crippen molar-refractivity contribution in [1.29, 1.82) is 0 Å². The third-order valence-electron chi connectivity index (χ3n) is 5.06. The summed E-state index contributed by atoms with van der Waals surface area (Å²) in [6, 6.07) is 6.87. The van der Waals surface area contributed by atoms with Gasteiger partial charge in [-0.15, -0.1) is 0 Å². The third kappa shape index (κ3) is 4.75. The molecule has 2 aromatic rings. The monoisotopic (exact) mass is 418 g/mol. The van der Waals surface area contributed by atoms with Gasteiger partial charge in [0.25, 0.3) is 5.91 Å². The van der Waals surface area contributed by atoms with Gasteiger partial charge in [0.15, 0.2) is 0 Å². The largest absolute Gasteiger partial charge is 0.378 e. The average Bonchev–Trinajstić information content (AvgIpc) is 2.74. The highest BCUT2D eigenvalue weighted by Gasteiger charge is 2.20. The van der Waals surface area contributed by atoms with Crippen LogP contribution in [0.2, 0.25) is 0 Å². The number of benzene rings is 1. The molecule has 0 bridgehead atoms. The molecule has 1 aromatic heterocycles. The number of pyridine rings is 1. The maximum Gasteiger partial charge on any atom is 0.251 e. The van der Waals surface area contributed by atoms with E-state index in [-0.39, 0.29) is 10.8 Å². The molecule has 156 valence electrons. The molecule has 1 amide bonds. The second-order valence-electron chi connectivity index (χ2n) is 6.89. The van der Waals surface area contributed by atoms with Crippen LogP contribution in [0.15, 0.2) is 35.4 Å². The van der Waals surface area contributed by atoms with Crippen molar-refractivity contribution in [1.82, 2.24) is 15.0 Å². The minimum absolute atomic E-state index is 0.112. The number of nitrogens with one attached hydrogen (secondary N) is 2. The zero-order chi connectivity index (χ0) is 21.0. The van der Waals surface area contributed by atoms with Gasteiger partial charge in [0.1, 0.15) is 5.82 Å². The van der Waals surface area contributed by atoms with Gasteiger partial charge in [-0.25, -0.2) is 18.1 Å². The Morgan fingerprint density at radius 3 is 2.66 bits per heavy atom. The number of rotatable bonds is 6. The molecule has 1 saturated heterocycles. The fraction of sp³-hybridized carbons (Fsp3) is 0.400. The fourth-order valence-electron chi connectivity index (χ4n) is 3.25. The van der Waals surface area contributed by atoms with Crippen LogP contribution in [0.3, 0.4) is 0 Å². The number of aromatic nitrogens is 1. The van der Waals surface area contributed by atoms with Crippen LogP contribution in [0.25, 0.3) is 0 Å². The number of sulfonamides is 1. The number of carbonyl (C=O) groups is 1. The summed E-state index contributed by atoms with van der Waals surface area (Å²) in [6.45, 7) is 6.60. The first-order chi connectivity index (χ1) is 13.8. The number of morpholine rings is 1. The highest BCUT2D eigenvalue weighted by atomic mass is 32.2. The molecule has 1 aromatic carbocycles. The molecule has 1 aliphatic rings. The van der Waals surface area contributed by atoms with E-state index < -0.39 is 10.0 Å². The van der Waals surface area contributed by atoms with Crippen molar-refractivity contribution in [2.24, 2.45) is 0 Å². The molecular formula is C20H26N4O4S. The Kier molecular flexibility index (Phi) is 6.51. The van der Waals surface area contributed by atoms with E-state index in [4.69, 9.17) is 4.74 Å². The molecular weight excluding hydrogens is 392 g/mol. The molecule has 1 fully saturated rings. The quantitative estimate of drug-likeness (QED) is 0.735. The molecule has 3 rings (SSSR count). The first-order valence-corrected chi connectivity index (χ1v) is 10.9. The number of anilines is 1. The van der Waals surface area contributed by atoms with Gasteiger partial charge in [-0.1, -0.05) is 6.07 Å². The van der Waals surface area contributed by atoms with E-state index in [1.54, 1.807) is 26.1 Å². The summed E-state index contributed by atoms with van der Waals surface area (Å²) in [5.41, 5.74) is 2.56. The standard InChI is InChI=1S/C20H26N4O4S/c1-14-11-17(12-18(15(14)2)29(26,27)21-3)20(25)23-13-16-5-4-6-22-19(16)24-7-9-28-10-8-24/h4-6,11-12,21H,7-10,13H2,1-3H3,(H,23,25). The first kappa shape index (κ1) is 21.2. The molecule has 0 atom stereocenters.